The van der Waals surface area contributed by atoms with Crippen LogP contribution >= 0.6 is 0 Å². The number of Topliss-reactive ketones (excluding diaryl/α,β-unsaturated/α-hetero) is 1. The number of benzene rings is 1. The average molecular weight is 298 g/mol. The molecule has 2 rings (SSSR count). The number of hydrogen-bond acceptors (Lipinski definition) is 4. The van der Waals surface area contributed by atoms with Crippen LogP contribution in [-0.4, -0.2) is 23.3 Å². The molecule has 22 heavy (non-hydrogen) atoms. The Balaban J connectivity index is 1.68. The number of ether oxygens (including phenoxy) is 1. The fourth-order valence-electron chi connectivity index (χ4n) is 1.87. The lowest BCUT2D eigenvalue weighted by Crippen LogP contribution is -2.12. The van der Waals surface area contributed by atoms with E-state index in [1.165, 1.54) is 6.92 Å². The molecule has 1 N–H and O–H groups in total. The first-order valence-corrected chi connectivity index (χ1v) is 7.09. The highest BCUT2D eigenvalue weighted by atomic mass is 16.5. The average Bonchev–Trinajstić information content (AvgIpc) is 2.53. The van der Waals surface area contributed by atoms with Crippen LogP contribution in [0.4, 0.5) is 5.69 Å². The fraction of sp³-hybridized carbons (Fsp3) is 0.235. The largest absolute Gasteiger partial charge is 0.494 e. The summed E-state index contributed by atoms with van der Waals surface area (Å²) in [7, 11) is 0. The fourth-order valence-corrected chi connectivity index (χ4v) is 1.87. The van der Waals surface area contributed by atoms with Crippen LogP contribution in [0.15, 0.2) is 48.8 Å². The zero-order valence-electron chi connectivity index (χ0n) is 12.4. The van der Waals surface area contributed by atoms with Crippen LogP contribution in [0.25, 0.3) is 0 Å². The van der Waals surface area contributed by atoms with Gasteiger partial charge in [0.1, 0.15) is 5.75 Å². The molecule has 0 atom stereocenters. The van der Waals surface area contributed by atoms with Crippen LogP contribution in [0.3, 0.4) is 0 Å². The van der Waals surface area contributed by atoms with Crippen molar-refractivity contribution >= 4 is 17.4 Å². The molecule has 5 heteroatoms. The van der Waals surface area contributed by atoms with Crippen LogP contribution in [-0.2, 0) is 4.79 Å². The number of rotatable bonds is 7. The lowest BCUT2D eigenvalue weighted by atomic mass is 10.1. The molecule has 5 nitrogen and oxygen atoms in total. The van der Waals surface area contributed by atoms with E-state index < -0.39 is 0 Å². The van der Waals surface area contributed by atoms with Crippen LogP contribution in [0.5, 0.6) is 5.75 Å². The molecule has 0 bridgehead atoms. The van der Waals surface area contributed by atoms with Crippen LogP contribution in [0.1, 0.15) is 30.1 Å². The highest BCUT2D eigenvalue weighted by Gasteiger charge is 2.03. The van der Waals surface area contributed by atoms with Crippen molar-refractivity contribution in [3.63, 3.8) is 0 Å². The number of ketones is 1. The molecule has 0 aliphatic carbocycles. The van der Waals surface area contributed by atoms with Gasteiger partial charge in [0.2, 0.25) is 5.91 Å². The monoisotopic (exact) mass is 298 g/mol. The van der Waals surface area contributed by atoms with E-state index in [0.717, 1.165) is 0 Å². The third-order valence-electron chi connectivity index (χ3n) is 3.02. The van der Waals surface area contributed by atoms with E-state index in [4.69, 9.17) is 4.74 Å². The summed E-state index contributed by atoms with van der Waals surface area (Å²) in [5.74, 6) is 0.653. The number of carbonyl (C=O) groups excluding carboxylic acids is 2. The Morgan fingerprint density at radius 2 is 1.95 bits per heavy atom. The molecule has 0 radical (unpaired) electrons. The maximum atomic E-state index is 11.7. The van der Waals surface area contributed by atoms with Crippen LogP contribution < -0.4 is 10.1 Å². The van der Waals surface area contributed by atoms with Gasteiger partial charge in [-0.3, -0.25) is 14.6 Å². The minimum Gasteiger partial charge on any atom is -0.494 e. The molecule has 0 saturated carbocycles. The van der Waals surface area contributed by atoms with E-state index in [9.17, 15) is 9.59 Å². The highest BCUT2D eigenvalue weighted by Crippen LogP contribution is 2.13. The topological polar surface area (TPSA) is 68.3 Å². The number of nitrogens with zero attached hydrogens (tertiary/aromatic N) is 1. The van der Waals surface area contributed by atoms with Crippen molar-refractivity contribution in [2.45, 2.75) is 19.8 Å². The van der Waals surface area contributed by atoms with Gasteiger partial charge in [-0.15, -0.1) is 0 Å². The van der Waals surface area contributed by atoms with Crippen molar-refractivity contribution in [2.75, 3.05) is 11.9 Å². The van der Waals surface area contributed by atoms with Gasteiger partial charge in [0.15, 0.2) is 5.78 Å². The van der Waals surface area contributed by atoms with E-state index >= 15 is 0 Å². The summed E-state index contributed by atoms with van der Waals surface area (Å²) in [6.45, 7) is 1.97. The number of amides is 1. The lowest BCUT2D eigenvalue weighted by Gasteiger charge is -2.07. The lowest BCUT2D eigenvalue weighted by molar-refractivity contribution is -0.116. The van der Waals surface area contributed by atoms with Crippen molar-refractivity contribution in [3.8, 4) is 5.75 Å². The molecule has 0 unspecified atom stereocenters. The molecule has 0 saturated heterocycles. The van der Waals surface area contributed by atoms with Gasteiger partial charge < -0.3 is 10.1 Å². The van der Waals surface area contributed by atoms with Crippen molar-refractivity contribution in [1.29, 1.82) is 0 Å². The van der Waals surface area contributed by atoms with Gasteiger partial charge in [-0.05, 0) is 49.7 Å². The summed E-state index contributed by atoms with van der Waals surface area (Å²) >= 11 is 0. The first-order chi connectivity index (χ1) is 10.6. The van der Waals surface area contributed by atoms with Gasteiger partial charge in [-0.25, -0.2) is 0 Å². The van der Waals surface area contributed by atoms with Gasteiger partial charge in [0.25, 0.3) is 0 Å². The Hall–Kier alpha value is -2.69. The number of hydrogen-bond donors (Lipinski definition) is 1. The molecule has 1 amide bonds. The van der Waals surface area contributed by atoms with Gasteiger partial charge >= 0.3 is 0 Å². The quantitative estimate of drug-likeness (QED) is 0.630. The number of nitrogens with one attached hydrogen (secondary N) is 1. The predicted octanol–water partition coefficient (Wildman–Crippen LogP) is 3.08. The Bertz CT molecular complexity index is 624. The van der Waals surface area contributed by atoms with E-state index in [1.54, 1.807) is 48.8 Å². The van der Waals surface area contributed by atoms with Crippen molar-refractivity contribution in [1.82, 2.24) is 4.98 Å². The summed E-state index contributed by atoms with van der Waals surface area (Å²) < 4.78 is 5.54. The number of anilines is 1. The van der Waals surface area contributed by atoms with E-state index in [0.29, 0.717) is 36.4 Å². The van der Waals surface area contributed by atoms with Gasteiger partial charge in [0.05, 0.1) is 18.5 Å². The minimum atomic E-state index is -0.0662. The van der Waals surface area contributed by atoms with Crippen molar-refractivity contribution < 1.29 is 14.3 Å². The molecule has 0 spiro atoms. The van der Waals surface area contributed by atoms with E-state index in [-0.39, 0.29) is 11.7 Å². The maximum absolute atomic E-state index is 11.7. The second-order valence-electron chi connectivity index (χ2n) is 4.82. The molecule has 114 valence electrons. The Labute approximate surface area is 129 Å². The molecule has 1 aromatic heterocycles. The number of carbonyl (C=O) groups is 2. The van der Waals surface area contributed by atoms with Gasteiger partial charge in [0, 0.05) is 18.2 Å². The minimum absolute atomic E-state index is 0.0265. The number of pyridine rings is 1. The first-order valence-electron chi connectivity index (χ1n) is 7.09. The third-order valence-corrected chi connectivity index (χ3v) is 3.02. The predicted molar refractivity (Wildman–Crippen MR) is 84.0 cm³/mol. The standard InChI is InChI=1S/C17H18N2O3/c1-13(20)14-6-8-16(9-7-14)22-11-3-5-17(21)19-15-4-2-10-18-12-15/h2,4,6-10,12H,3,5,11H2,1H3,(H,19,21). The second-order valence-corrected chi connectivity index (χ2v) is 4.82. The van der Waals surface area contributed by atoms with E-state index in [2.05, 4.69) is 10.3 Å². The molecular formula is C17H18N2O3. The van der Waals surface area contributed by atoms with E-state index in [1.807, 2.05) is 0 Å². The molecule has 0 aliphatic rings. The summed E-state index contributed by atoms with van der Waals surface area (Å²) in [6.07, 6.45) is 4.24. The molecule has 0 fully saturated rings. The SMILES string of the molecule is CC(=O)c1ccc(OCCCC(=O)Nc2cccnc2)cc1. The Morgan fingerprint density at radius 3 is 2.59 bits per heavy atom. The molecule has 0 aliphatic heterocycles. The van der Waals surface area contributed by atoms with Crippen molar-refractivity contribution in [2.24, 2.45) is 0 Å². The van der Waals surface area contributed by atoms with Crippen LogP contribution in [0, 0.1) is 0 Å². The zero-order valence-corrected chi connectivity index (χ0v) is 12.4. The third kappa shape index (κ3) is 5.01. The van der Waals surface area contributed by atoms with Crippen molar-refractivity contribution in [3.05, 3.63) is 54.4 Å². The molecule has 1 aromatic carbocycles. The second kappa shape index (κ2) is 7.93. The first kappa shape index (κ1) is 15.7. The molecule has 1 heterocycles. The Kier molecular flexibility index (Phi) is 5.65. The van der Waals surface area contributed by atoms with Crippen LogP contribution in [0.2, 0.25) is 0 Å². The summed E-state index contributed by atoms with van der Waals surface area (Å²) in [4.78, 5) is 26.8. The summed E-state index contributed by atoms with van der Waals surface area (Å²) in [5.41, 5.74) is 1.34. The number of aromatic nitrogens is 1. The zero-order chi connectivity index (χ0) is 15.8. The normalized spacial score (nSPS) is 10.0. The molecule has 2 aromatic rings. The van der Waals surface area contributed by atoms with Gasteiger partial charge in [-0.1, -0.05) is 0 Å². The summed E-state index contributed by atoms with van der Waals surface area (Å²) in [5, 5.41) is 2.77. The maximum Gasteiger partial charge on any atom is 0.224 e. The molecular weight excluding hydrogens is 280 g/mol. The smallest absolute Gasteiger partial charge is 0.224 e. The summed E-state index contributed by atoms with van der Waals surface area (Å²) in [6, 6.07) is 10.5. The van der Waals surface area contributed by atoms with Gasteiger partial charge in [-0.2, -0.15) is 0 Å². The highest BCUT2D eigenvalue weighted by molar-refractivity contribution is 5.94. The Morgan fingerprint density at radius 1 is 1.18 bits per heavy atom.